The van der Waals surface area contributed by atoms with Crippen LogP contribution in [0.2, 0.25) is 0 Å². The number of unbranched alkanes of at least 4 members (excludes halogenated alkanes) is 1. The average Bonchev–Trinajstić information content (AvgIpc) is 2.47. The first-order chi connectivity index (χ1) is 10.5. The van der Waals surface area contributed by atoms with Crippen molar-refractivity contribution in [2.24, 2.45) is 0 Å². The molecule has 0 aromatic heterocycles. The van der Waals surface area contributed by atoms with Gasteiger partial charge in [-0.25, -0.2) is 4.79 Å². The van der Waals surface area contributed by atoms with Crippen molar-refractivity contribution in [2.45, 2.75) is 33.1 Å². The fourth-order valence-electron chi connectivity index (χ4n) is 2.36. The van der Waals surface area contributed by atoms with Crippen molar-refractivity contribution in [2.75, 3.05) is 44.0 Å². The van der Waals surface area contributed by atoms with Crippen LogP contribution in [0, 0.1) is 6.92 Å². The van der Waals surface area contributed by atoms with E-state index in [9.17, 15) is 4.79 Å². The lowest BCUT2D eigenvalue weighted by Crippen LogP contribution is -2.36. The number of nitrogens with one attached hydrogen (secondary N) is 1. The summed E-state index contributed by atoms with van der Waals surface area (Å²) in [4.78, 5) is 16.2. The minimum Gasteiger partial charge on any atom is -0.396 e. The second-order valence-corrected chi connectivity index (χ2v) is 5.74. The second-order valence-electron chi connectivity index (χ2n) is 5.74. The summed E-state index contributed by atoms with van der Waals surface area (Å²) in [5, 5.41) is 11.9. The zero-order chi connectivity index (χ0) is 16.5. The predicted molar refractivity (Wildman–Crippen MR) is 92.7 cm³/mol. The van der Waals surface area contributed by atoms with Gasteiger partial charge in [0.25, 0.3) is 0 Å². The molecule has 0 aliphatic rings. The number of aryl methyl sites for hydroxylation is 1. The first-order valence-electron chi connectivity index (χ1n) is 7.94. The molecule has 0 fully saturated rings. The molecule has 0 aliphatic carbocycles. The van der Waals surface area contributed by atoms with Gasteiger partial charge in [-0.15, -0.1) is 0 Å². The molecule has 0 atom stereocenters. The van der Waals surface area contributed by atoms with E-state index in [4.69, 9.17) is 5.11 Å². The molecule has 0 saturated carbocycles. The maximum atomic E-state index is 12.4. The van der Waals surface area contributed by atoms with Gasteiger partial charge >= 0.3 is 6.03 Å². The Bertz CT molecular complexity index is 467. The number of hydrogen-bond donors (Lipinski definition) is 2. The highest BCUT2D eigenvalue weighted by atomic mass is 16.3. The van der Waals surface area contributed by atoms with E-state index in [1.54, 1.807) is 4.90 Å². The molecular weight excluding hydrogens is 278 g/mol. The molecule has 0 heterocycles. The summed E-state index contributed by atoms with van der Waals surface area (Å²) in [5.41, 5.74) is 3.07. The van der Waals surface area contributed by atoms with Gasteiger partial charge in [0.05, 0.1) is 0 Å². The first kappa shape index (κ1) is 18.3. The highest BCUT2D eigenvalue weighted by Gasteiger charge is 2.13. The zero-order valence-electron chi connectivity index (χ0n) is 14.2. The quantitative estimate of drug-likeness (QED) is 0.776. The number of anilines is 2. The van der Waals surface area contributed by atoms with Crippen LogP contribution in [0.25, 0.3) is 0 Å². The fraction of sp³-hybridized carbons (Fsp3) is 0.588. The Morgan fingerprint density at radius 3 is 2.45 bits per heavy atom. The van der Waals surface area contributed by atoms with Gasteiger partial charge in [0.15, 0.2) is 0 Å². The van der Waals surface area contributed by atoms with Crippen LogP contribution in [0.15, 0.2) is 18.2 Å². The van der Waals surface area contributed by atoms with Gasteiger partial charge in [-0.05, 0) is 43.5 Å². The monoisotopic (exact) mass is 307 g/mol. The largest absolute Gasteiger partial charge is 0.396 e. The number of benzene rings is 1. The third-order valence-electron chi connectivity index (χ3n) is 3.58. The number of carbonyl (C=O) groups excluding carboxylic acids is 1. The number of hydrogen-bond acceptors (Lipinski definition) is 3. The van der Waals surface area contributed by atoms with E-state index in [2.05, 4.69) is 17.1 Å². The van der Waals surface area contributed by atoms with Crippen LogP contribution in [-0.2, 0) is 0 Å². The Kier molecular flexibility index (Phi) is 7.74. The Hall–Kier alpha value is -1.75. The number of amides is 2. The second kappa shape index (κ2) is 9.30. The van der Waals surface area contributed by atoms with Crippen molar-refractivity contribution in [1.29, 1.82) is 0 Å². The van der Waals surface area contributed by atoms with E-state index in [-0.39, 0.29) is 12.6 Å². The lowest BCUT2D eigenvalue weighted by Gasteiger charge is -2.23. The topological polar surface area (TPSA) is 55.8 Å². The molecule has 0 radical (unpaired) electrons. The number of aliphatic hydroxyl groups excluding tert-OH is 1. The first-order valence-corrected chi connectivity index (χ1v) is 7.94. The molecule has 0 bridgehead atoms. The SMILES string of the molecule is CCCCN(CCCO)C(=O)Nc1ccc(N(C)C)c(C)c1. The molecule has 0 aliphatic heterocycles. The standard InChI is InChI=1S/C17H29N3O2/c1-5-6-10-20(11-7-12-21)17(22)18-15-8-9-16(19(3)4)14(2)13-15/h8-9,13,21H,5-7,10-12H2,1-4H3,(H,18,22). The highest BCUT2D eigenvalue weighted by Crippen LogP contribution is 2.22. The third-order valence-corrected chi connectivity index (χ3v) is 3.58. The van der Waals surface area contributed by atoms with Gasteiger partial charge in [0, 0.05) is 45.2 Å². The van der Waals surface area contributed by atoms with E-state index in [1.807, 2.05) is 39.2 Å². The van der Waals surface area contributed by atoms with Crippen LogP contribution in [0.1, 0.15) is 31.7 Å². The van der Waals surface area contributed by atoms with E-state index in [0.29, 0.717) is 13.0 Å². The van der Waals surface area contributed by atoms with Crippen LogP contribution in [0.3, 0.4) is 0 Å². The van der Waals surface area contributed by atoms with Crippen LogP contribution >= 0.6 is 0 Å². The lowest BCUT2D eigenvalue weighted by atomic mass is 10.1. The van der Waals surface area contributed by atoms with Crippen molar-refractivity contribution in [1.82, 2.24) is 4.90 Å². The molecule has 2 amide bonds. The molecule has 0 saturated heterocycles. The molecule has 124 valence electrons. The van der Waals surface area contributed by atoms with Gasteiger partial charge in [-0.2, -0.15) is 0 Å². The van der Waals surface area contributed by atoms with E-state index < -0.39 is 0 Å². The van der Waals surface area contributed by atoms with Crippen molar-refractivity contribution in [3.05, 3.63) is 23.8 Å². The Labute approximate surface area is 133 Å². The Morgan fingerprint density at radius 1 is 1.23 bits per heavy atom. The maximum absolute atomic E-state index is 12.4. The van der Waals surface area contributed by atoms with E-state index in [1.165, 1.54) is 0 Å². The summed E-state index contributed by atoms with van der Waals surface area (Å²) >= 11 is 0. The number of nitrogens with zero attached hydrogens (tertiary/aromatic N) is 2. The molecule has 2 N–H and O–H groups in total. The van der Waals surface area contributed by atoms with E-state index >= 15 is 0 Å². The molecule has 1 aromatic carbocycles. The molecule has 0 unspecified atom stereocenters. The number of urea groups is 1. The minimum absolute atomic E-state index is 0.0982. The summed E-state index contributed by atoms with van der Waals surface area (Å²) in [6.45, 7) is 5.54. The molecule has 1 rings (SSSR count). The van der Waals surface area contributed by atoms with Gasteiger partial charge < -0.3 is 20.2 Å². The maximum Gasteiger partial charge on any atom is 0.321 e. The molecular formula is C17H29N3O2. The van der Waals surface area contributed by atoms with E-state index in [0.717, 1.165) is 36.3 Å². The number of aliphatic hydroxyl groups is 1. The lowest BCUT2D eigenvalue weighted by molar-refractivity contribution is 0.201. The predicted octanol–water partition coefficient (Wildman–Crippen LogP) is 3.08. The third kappa shape index (κ3) is 5.56. The summed E-state index contributed by atoms with van der Waals surface area (Å²) in [6, 6.07) is 5.82. The van der Waals surface area contributed by atoms with Crippen molar-refractivity contribution in [3.63, 3.8) is 0 Å². The summed E-state index contributed by atoms with van der Waals surface area (Å²) in [6.07, 6.45) is 2.62. The smallest absolute Gasteiger partial charge is 0.321 e. The molecule has 1 aromatic rings. The van der Waals surface area contributed by atoms with Crippen molar-refractivity contribution >= 4 is 17.4 Å². The minimum atomic E-state index is -0.0982. The Balaban J connectivity index is 2.73. The summed E-state index contributed by atoms with van der Waals surface area (Å²) < 4.78 is 0. The van der Waals surface area contributed by atoms with Crippen LogP contribution < -0.4 is 10.2 Å². The fourth-order valence-corrected chi connectivity index (χ4v) is 2.36. The van der Waals surface area contributed by atoms with Gasteiger partial charge in [0.1, 0.15) is 0 Å². The zero-order valence-corrected chi connectivity index (χ0v) is 14.2. The normalized spacial score (nSPS) is 10.4. The van der Waals surface area contributed by atoms with Gasteiger partial charge in [0.2, 0.25) is 0 Å². The summed E-state index contributed by atoms with van der Waals surface area (Å²) in [5.74, 6) is 0. The van der Waals surface area contributed by atoms with Crippen LogP contribution in [0.4, 0.5) is 16.2 Å². The van der Waals surface area contributed by atoms with Crippen LogP contribution in [-0.4, -0.2) is 49.8 Å². The van der Waals surface area contributed by atoms with Gasteiger partial charge in [-0.3, -0.25) is 0 Å². The van der Waals surface area contributed by atoms with Gasteiger partial charge in [-0.1, -0.05) is 13.3 Å². The molecule has 5 nitrogen and oxygen atoms in total. The summed E-state index contributed by atoms with van der Waals surface area (Å²) in [7, 11) is 4.00. The molecule has 5 heteroatoms. The van der Waals surface area contributed by atoms with Crippen LogP contribution in [0.5, 0.6) is 0 Å². The number of rotatable bonds is 8. The highest BCUT2D eigenvalue weighted by molar-refractivity contribution is 5.89. The number of carbonyl (C=O) groups is 1. The van der Waals surface area contributed by atoms with Crippen molar-refractivity contribution in [3.8, 4) is 0 Å². The van der Waals surface area contributed by atoms with Crippen molar-refractivity contribution < 1.29 is 9.90 Å². The molecule has 22 heavy (non-hydrogen) atoms. The average molecular weight is 307 g/mol. The molecule has 0 spiro atoms. The Morgan fingerprint density at radius 2 is 1.91 bits per heavy atom.